The fourth-order valence-corrected chi connectivity index (χ4v) is 2.57. The van der Waals surface area contributed by atoms with Crippen LogP contribution in [0, 0.1) is 0 Å². The van der Waals surface area contributed by atoms with Gasteiger partial charge in [0.15, 0.2) is 9.84 Å². The molecule has 6 heteroatoms. The van der Waals surface area contributed by atoms with Gasteiger partial charge in [-0.2, -0.15) is 0 Å². The minimum Gasteiger partial charge on any atom is -0.224 e. The summed E-state index contributed by atoms with van der Waals surface area (Å²) in [7, 11) is -3.35. The van der Waals surface area contributed by atoms with Crippen LogP contribution in [0.1, 0.15) is 0 Å². The number of hydrogen-bond donors (Lipinski definition) is 0. The number of benzene rings is 1. The second kappa shape index (κ2) is 3.65. The van der Waals surface area contributed by atoms with Gasteiger partial charge in [0.05, 0.1) is 20.0 Å². The first-order valence-electron chi connectivity index (χ1n) is 3.17. The average Bonchev–Trinajstić information content (AvgIpc) is 1.94. The number of hydrogen-bond acceptors (Lipinski definition) is 2. The number of halogens is 3. The molecule has 1 aromatic carbocycles. The number of rotatable bonds is 1. The molecule has 0 aliphatic heterocycles. The van der Waals surface area contributed by atoms with Crippen molar-refractivity contribution in [2.45, 2.75) is 4.90 Å². The van der Waals surface area contributed by atoms with Crippen LogP contribution in [0.25, 0.3) is 0 Å². The van der Waals surface area contributed by atoms with E-state index in [1.54, 1.807) is 0 Å². The molecule has 0 fully saturated rings. The van der Waals surface area contributed by atoms with Crippen LogP contribution in [0.2, 0.25) is 15.1 Å². The first-order valence-corrected chi connectivity index (χ1v) is 6.19. The van der Waals surface area contributed by atoms with E-state index in [0.29, 0.717) is 0 Å². The summed E-state index contributed by atoms with van der Waals surface area (Å²) in [5.41, 5.74) is 0. The topological polar surface area (TPSA) is 34.1 Å². The van der Waals surface area contributed by atoms with Crippen LogP contribution < -0.4 is 0 Å². The maximum absolute atomic E-state index is 11.1. The summed E-state index contributed by atoms with van der Waals surface area (Å²) >= 11 is 16.9. The Morgan fingerprint density at radius 3 is 1.92 bits per heavy atom. The maximum Gasteiger partial charge on any atom is 0.177 e. The molecular formula is C7H5Cl3O2S. The lowest BCUT2D eigenvalue weighted by atomic mass is 10.4. The van der Waals surface area contributed by atoms with Gasteiger partial charge in [-0.25, -0.2) is 8.42 Å². The first kappa shape index (κ1) is 11.1. The number of sulfone groups is 1. The Hall–Kier alpha value is 0.0400. The predicted octanol–water partition coefficient (Wildman–Crippen LogP) is 3.05. The summed E-state index contributed by atoms with van der Waals surface area (Å²) in [4.78, 5) is -0.0106. The van der Waals surface area contributed by atoms with Crippen molar-refractivity contribution in [1.29, 1.82) is 0 Å². The molecule has 0 atom stereocenters. The summed E-state index contributed by atoms with van der Waals surface area (Å²) in [6.07, 6.45) is 1.05. The van der Waals surface area contributed by atoms with Gasteiger partial charge in [0.25, 0.3) is 0 Å². The minimum absolute atomic E-state index is 0.0106. The molecule has 0 amide bonds. The van der Waals surface area contributed by atoms with Crippen LogP contribution in [0.3, 0.4) is 0 Å². The smallest absolute Gasteiger partial charge is 0.177 e. The van der Waals surface area contributed by atoms with E-state index < -0.39 is 9.84 Å². The summed E-state index contributed by atoms with van der Waals surface area (Å²) in [6.45, 7) is 0. The van der Waals surface area contributed by atoms with E-state index in [1.165, 1.54) is 12.1 Å². The molecule has 0 N–H and O–H groups in total. The molecule has 0 bridgehead atoms. The third-order valence-corrected chi connectivity index (χ3v) is 3.66. The molecular weight excluding hydrogens is 255 g/mol. The van der Waals surface area contributed by atoms with Crippen molar-refractivity contribution in [1.82, 2.24) is 0 Å². The highest BCUT2D eigenvalue weighted by Crippen LogP contribution is 2.31. The molecule has 0 saturated carbocycles. The molecule has 0 aliphatic carbocycles. The molecule has 0 aromatic heterocycles. The van der Waals surface area contributed by atoms with Crippen molar-refractivity contribution < 1.29 is 8.42 Å². The summed E-state index contributed by atoms with van der Waals surface area (Å²) in [5, 5.41) is 0.488. The second-order valence-corrected chi connectivity index (χ2v) is 5.67. The van der Waals surface area contributed by atoms with E-state index in [1.807, 2.05) is 0 Å². The normalized spacial score (nSPS) is 11.7. The highest BCUT2D eigenvalue weighted by molar-refractivity contribution is 7.90. The molecule has 0 saturated heterocycles. The lowest BCUT2D eigenvalue weighted by Gasteiger charge is -2.03. The Morgan fingerprint density at radius 2 is 1.46 bits per heavy atom. The lowest BCUT2D eigenvalue weighted by Crippen LogP contribution is -1.97. The quantitative estimate of drug-likeness (QED) is 0.727. The largest absolute Gasteiger partial charge is 0.224 e. The summed E-state index contributed by atoms with van der Waals surface area (Å²) in [5.74, 6) is 0. The Labute approximate surface area is 91.3 Å². The molecule has 2 nitrogen and oxygen atoms in total. The van der Waals surface area contributed by atoms with Gasteiger partial charge >= 0.3 is 0 Å². The highest BCUT2D eigenvalue weighted by atomic mass is 35.5. The van der Waals surface area contributed by atoms with Crippen LogP contribution in [0.4, 0.5) is 0 Å². The predicted molar refractivity (Wildman–Crippen MR) is 54.6 cm³/mol. The zero-order chi connectivity index (χ0) is 10.2. The zero-order valence-corrected chi connectivity index (χ0v) is 9.60. The Balaban J connectivity index is 3.50. The van der Waals surface area contributed by atoms with E-state index in [0.717, 1.165) is 6.26 Å². The van der Waals surface area contributed by atoms with Crippen LogP contribution in [0.5, 0.6) is 0 Å². The monoisotopic (exact) mass is 258 g/mol. The van der Waals surface area contributed by atoms with Crippen LogP contribution >= 0.6 is 34.8 Å². The van der Waals surface area contributed by atoms with Gasteiger partial charge in [-0.05, 0) is 12.1 Å². The molecule has 0 heterocycles. The molecule has 0 aliphatic rings. The third kappa shape index (κ3) is 2.50. The maximum atomic E-state index is 11.1. The SMILES string of the molecule is CS(=O)(=O)c1cc(Cl)c(Cl)cc1Cl. The summed E-state index contributed by atoms with van der Waals surface area (Å²) < 4.78 is 22.3. The molecule has 1 aromatic rings. The zero-order valence-electron chi connectivity index (χ0n) is 6.51. The van der Waals surface area contributed by atoms with Gasteiger partial charge in [-0.1, -0.05) is 34.8 Å². The Kier molecular flexibility index (Phi) is 3.12. The molecule has 72 valence electrons. The van der Waals surface area contributed by atoms with Gasteiger partial charge < -0.3 is 0 Å². The lowest BCUT2D eigenvalue weighted by molar-refractivity contribution is 0.602. The van der Waals surface area contributed by atoms with Gasteiger partial charge in [0.2, 0.25) is 0 Å². The van der Waals surface area contributed by atoms with Crippen molar-refractivity contribution in [3.63, 3.8) is 0 Å². The van der Waals surface area contributed by atoms with Gasteiger partial charge in [0.1, 0.15) is 0 Å². The fraction of sp³-hybridized carbons (Fsp3) is 0.143. The van der Waals surface area contributed by atoms with Crippen LogP contribution in [0.15, 0.2) is 17.0 Å². The minimum atomic E-state index is -3.35. The van der Waals surface area contributed by atoms with Crippen molar-refractivity contribution >= 4 is 44.6 Å². The molecule has 0 unspecified atom stereocenters. The Morgan fingerprint density at radius 1 is 1.00 bits per heavy atom. The van der Waals surface area contributed by atoms with E-state index in [4.69, 9.17) is 34.8 Å². The van der Waals surface area contributed by atoms with Crippen molar-refractivity contribution in [3.8, 4) is 0 Å². The molecule has 1 rings (SSSR count). The van der Waals surface area contributed by atoms with E-state index >= 15 is 0 Å². The Bertz CT molecular complexity index is 439. The van der Waals surface area contributed by atoms with Gasteiger partial charge in [0, 0.05) is 6.26 Å². The first-order chi connectivity index (χ1) is 5.82. The van der Waals surface area contributed by atoms with Crippen molar-refractivity contribution in [3.05, 3.63) is 27.2 Å². The van der Waals surface area contributed by atoms with Crippen LogP contribution in [-0.4, -0.2) is 14.7 Å². The van der Waals surface area contributed by atoms with E-state index in [9.17, 15) is 8.42 Å². The summed E-state index contributed by atoms with van der Waals surface area (Å²) in [6, 6.07) is 2.55. The van der Waals surface area contributed by atoms with Gasteiger partial charge in [-0.15, -0.1) is 0 Å². The molecule has 0 radical (unpaired) electrons. The van der Waals surface area contributed by atoms with Crippen molar-refractivity contribution in [2.24, 2.45) is 0 Å². The van der Waals surface area contributed by atoms with E-state index in [2.05, 4.69) is 0 Å². The third-order valence-electron chi connectivity index (χ3n) is 1.37. The molecule has 0 spiro atoms. The standard InChI is InChI=1S/C7H5Cl3O2S/c1-13(11,12)7-3-5(9)4(8)2-6(7)10/h2-3H,1H3. The average molecular weight is 260 g/mol. The van der Waals surface area contributed by atoms with Crippen molar-refractivity contribution in [2.75, 3.05) is 6.26 Å². The highest BCUT2D eigenvalue weighted by Gasteiger charge is 2.14. The molecule has 13 heavy (non-hydrogen) atoms. The van der Waals surface area contributed by atoms with Gasteiger partial charge in [-0.3, -0.25) is 0 Å². The fourth-order valence-electron chi connectivity index (χ4n) is 0.788. The van der Waals surface area contributed by atoms with Crippen LogP contribution in [-0.2, 0) is 9.84 Å². The second-order valence-electron chi connectivity index (χ2n) is 2.47. The van der Waals surface area contributed by atoms with E-state index in [-0.39, 0.29) is 20.0 Å².